The van der Waals surface area contributed by atoms with Gasteiger partial charge in [0.15, 0.2) is 6.10 Å². The third-order valence-electron chi connectivity index (χ3n) is 4.78. The van der Waals surface area contributed by atoms with Gasteiger partial charge in [-0.15, -0.1) is 0 Å². The fourth-order valence-electron chi connectivity index (χ4n) is 3.24. The highest BCUT2D eigenvalue weighted by atomic mass is 32.2. The number of ether oxygens (including phenoxy) is 2. The van der Waals surface area contributed by atoms with Crippen LogP contribution in [-0.2, 0) is 23.8 Å². The fourth-order valence-corrected chi connectivity index (χ4v) is 4.32. The van der Waals surface area contributed by atoms with Crippen molar-refractivity contribution in [2.45, 2.75) is 30.8 Å². The van der Waals surface area contributed by atoms with Crippen molar-refractivity contribution < 1.29 is 26.9 Å². The van der Waals surface area contributed by atoms with E-state index in [1.54, 1.807) is 19.2 Å². The van der Waals surface area contributed by atoms with Gasteiger partial charge in [-0.25, -0.2) is 4.79 Å². The summed E-state index contributed by atoms with van der Waals surface area (Å²) in [6, 6.07) is 10.6. The van der Waals surface area contributed by atoms with E-state index in [-0.39, 0.29) is 10.8 Å². The summed E-state index contributed by atoms with van der Waals surface area (Å²) >= 11 is 0. The lowest BCUT2D eigenvalue weighted by atomic mass is 9.90. The maximum Gasteiger partial charge on any atom is 0.336 e. The number of allylic oxidation sites excluding steroid dienone is 1. The average Bonchev–Trinajstić information content (AvgIpc) is 3.09. The van der Waals surface area contributed by atoms with Gasteiger partial charge >= 0.3 is 5.97 Å². The second-order valence-corrected chi connectivity index (χ2v) is 8.14. The van der Waals surface area contributed by atoms with Crippen molar-refractivity contribution in [2.24, 2.45) is 0 Å². The number of rotatable bonds is 6. The second-order valence-electron chi connectivity index (χ2n) is 6.57. The first kappa shape index (κ1) is 20.1. The largest absolute Gasteiger partial charge is 0.497 e. The maximum absolute atomic E-state index is 12.6. The molecule has 0 spiro atoms. The second kappa shape index (κ2) is 7.77. The van der Waals surface area contributed by atoms with Crippen LogP contribution in [0.25, 0.3) is 6.08 Å². The molecule has 7 heteroatoms. The molecule has 0 N–H and O–H groups in total. The van der Waals surface area contributed by atoms with E-state index in [0.717, 1.165) is 28.0 Å². The molecule has 2 aromatic rings. The summed E-state index contributed by atoms with van der Waals surface area (Å²) < 4.78 is 40.0. The molecule has 2 atom stereocenters. The number of benzene rings is 2. The molecule has 6 nitrogen and oxygen atoms in total. The van der Waals surface area contributed by atoms with E-state index in [9.17, 15) is 13.2 Å². The van der Waals surface area contributed by atoms with Gasteiger partial charge in [-0.3, -0.25) is 4.18 Å². The third kappa shape index (κ3) is 3.81. The predicted molar refractivity (Wildman–Crippen MR) is 105 cm³/mol. The van der Waals surface area contributed by atoms with Gasteiger partial charge in [-0.05, 0) is 60.4 Å². The number of carbonyl (C=O) groups excluding carboxylic acids is 1. The van der Waals surface area contributed by atoms with E-state index in [0.29, 0.717) is 0 Å². The van der Waals surface area contributed by atoms with Crippen molar-refractivity contribution in [3.8, 4) is 5.75 Å². The van der Waals surface area contributed by atoms with Crippen molar-refractivity contribution >= 4 is 22.2 Å². The Morgan fingerprint density at radius 3 is 2.50 bits per heavy atom. The molecule has 1 aliphatic carbocycles. The number of aryl methyl sites for hydroxylation is 1. The Morgan fingerprint density at radius 2 is 1.82 bits per heavy atom. The molecule has 0 saturated heterocycles. The lowest BCUT2D eigenvalue weighted by Gasteiger charge is -2.17. The van der Waals surface area contributed by atoms with E-state index in [1.807, 2.05) is 37.3 Å². The monoisotopic (exact) mass is 402 g/mol. The van der Waals surface area contributed by atoms with Crippen molar-refractivity contribution in [2.75, 3.05) is 14.2 Å². The van der Waals surface area contributed by atoms with Crippen LogP contribution in [0.15, 0.2) is 47.4 Å². The molecule has 2 aromatic carbocycles. The predicted octanol–water partition coefficient (Wildman–Crippen LogP) is 3.43. The molecule has 2 unspecified atom stereocenters. The standard InChI is InChI=1S/C21H22O6S/c1-13-5-8-17(28(23,24)27-14(2)21(22)26-4)12-20(13)19-9-6-15-11-16(25-3)7-10-18(15)19/h5-12,14,19H,1-4H3. The van der Waals surface area contributed by atoms with E-state index in [2.05, 4.69) is 4.74 Å². The van der Waals surface area contributed by atoms with Crippen LogP contribution >= 0.6 is 0 Å². The summed E-state index contributed by atoms with van der Waals surface area (Å²) in [5.41, 5.74) is 3.92. The van der Waals surface area contributed by atoms with Gasteiger partial charge in [0, 0.05) is 5.92 Å². The highest BCUT2D eigenvalue weighted by Gasteiger charge is 2.27. The van der Waals surface area contributed by atoms with E-state index >= 15 is 0 Å². The summed E-state index contributed by atoms with van der Waals surface area (Å²) in [4.78, 5) is 11.5. The Morgan fingerprint density at radius 1 is 1.07 bits per heavy atom. The van der Waals surface area contributed by atoms with Crippen LogP contribution in [0.3, 0.4) is 0 Å². The van der Waals surface area contributed by atoms with Gasteiger partial charge in [0.25, 0.3) is 10.1 Å². The Labute approximate surface area is 164 Å². The smallest absolute Gasteiger partial charge is 0.336 e. The molecule has 0 bridgehead atoms. The molecule has 28 heavy (non-hydrogen) atoms. The molecular formula is C21H22O6S. The van der Waals surface area contributed by atoms with Crippen LogP contribution in [-0.4, -0.2) is 34.7 Å². The number of esters is 1. The van der Waals surface area contributed by atoms with Crippen LogP contribution in [0.2, 0.25) is 0 Å². The van der Waals surface area contributed by atoms with E-state index in [4.69, 9.17) is 8.92 Å². The van der Waals surface area contributed by atoms with Crippen LogP contribution in [0, 0.1) is 6.92 Å². The average molecular weight is 402 g/mol. The van der Waals surface area contributed by atoms with Gasteiger partial charge in [0.1, 0.15) is 5.75 Å². The van der Waals surface area contributed by atoms with Gasteiger partial charge in [-0.2, -0.15) is 8.42 Å². The molecule has 0 heterocycles. The van der Waals surface area contributed by atoms with Crippen molar-refractivity contribution in [1.82, 2.24) is 0 Å². The molecule has 0 fully saturated rings. The lowest BCUT2D eigenvalue weighted by Crippen LogP contribution is -2.25. The topological polar surface area (TPSA) is 78.9 Å². The van der Waals surface area contributed by atoms with E-state index < -0.39 is 22.2 Å². The third-order valence-corrected chi connectivity index (χ3v) is 6.15. The quantitative estimate of drug-likeness (QED) is 0.544. The minimum Gasteiger partial charge on any atom is -0.497 e. The minimum absolute atomic E-state index is 0.000727. The Hall–Kier alpha value is -2.64. The fraction of sp³-hybridized carbons (Fsp3) is 0.286. The molecule has 0 aliphatic heterocycles. The Bertz CT molecular complexity index is 1040. The van der Waals surface area contributed by atoms with Crippen molar-refractivity contribution in [1.29, 1.82) is 0 Å². The first-order valence-electron chi connectivity index (χ1n) is 8.74. The summed E-state index contributed by atoms with van der Waals surface area (Å²) in [7, 11) is -1.32. The Kier molecular flexibility index (Phi) is 5.58. The number of carbonyl (C=O) groups is 1. The number of hydrogen-bond acceptors (Lipinski definition) is 6. The van der Waals surface area contributed by atoms with Gasteiger partial charge in [0.05, 0.1) is 19.1 Å². The van der Waals surface area contributed by atoms with Crippen LogP contribution in [0.5, 0.6) is 5.75 Å². The molecule has 3 rings (SSSR count). The highest BCUT2D eigenvalue weighted by molar-refractivity contribution is 7.86. The van der Waals surface area contributed by atoms with Gasteiger partial charge < -0.3 is 9.47 Å². The van der Waals surface area contributed by atoms with E-state index in [1.165, 1.54) is 20.1 Å². The molecule has 148 valence electrons. The van der Waals surface area contributed by atoms with Crippen LogP contribution < -0.4 is 4.74 Å². The molecule has 0 aromatic heterocycles. The normalized spacial score (nSPS) is 16.5. The highest BCUT2D eigenvalue weighted by Crippen LogP contribution is 2.39. The first-order valence-corrected chi connectivity index (χ1v) is 10.2. The summed E-state index contributed by atoms with van der Waals surface area (Å²) in [5.74, 6) is -0.0612. The zero-order chi connectivity index (χ0) is 20.5. The molecule has 0 radical (unpaired) electrons. The van der Waals surface area contributed by atoms with Crippen molar-refractivity contribution in [3.63, 3.8) is 0 Å². The maximum atomic E-state index is 12.6. The number of methoxy groups -OCH3 is 2. The number of fused-ring (bicyclic) bond motifs is 1. The van der Waals surface area contributed by atoms with Crippen LogP contribution in [0.4, 0.5) is 0 Å². The van der Waals surface area contributed by atoms with Gasteiger partial charge in [-0.1, -0.05) is 24.3 Å². The zero-order valence-electron chi connectivity index (χ0n) is 16.1. The summed E-state index contributed by atoms with van der Waals surface area (Å²) in [6.07, 6.45) is 2.80. The summed E-state index contributed by atoms with van der Waals surface area (Å²) in [5, 5.41) is 0. The van der Waals surface area contributed by atoms with Gasteiger partial charge in [0.2, 0.25) is 0 Å². The molecule has 0 saturated carbocycles. The number of hydrogen-bond donors (Lipinski definition) is 0. The minimum atomic E-state index is -4.12. The van der Waals surface area contributed by atoms with Crippen molar-refractivity contribution in [3.05, 3.63) is 64.7 Å². The lowest BCUT2D eigenvalue weighted by molar-refractivity contribution is -0.147. The Balaban J connectivity index is 1.96. The SMILES string of the molecule is COC(=O)C(C)OS(=O)(=O)c1ccc(C)c(C2C=Cc3cc(OC)ccc32)c1. The molecule has 1 aliphatic rings. The summed E-state index contributed by atoms with van der Waals surface area (Å²) in [6.45, 7) is 3.26. The molecular weight excluding hydrogens is 380 g/mol. The van der Waals surface area contributed by atoms with Crippen LogP contribution in [0.1, 0.15) is 35.1 Å². The first-order chi connectivity index (χ1) is 13.3. The zero-order valence-corrected chi connectivity index (χ0v) is 16.9. The molecule has 0 amide bonds.